The van der Waals surface area contributed by atoms with Crippen LogP contribution in [0.3, 0.4) is 0 Å². The normalized spacial score (nSPS) is 19.6. The van der Waals surface area contributed by atoms with Gasteiger partial charge in [-0.05, 0) is 31.3 Å². The van der Waals surface area contributed by atoms with Crippen LogP contribution in [0.2, 0.25) is 0 Å². The highest BCUT2D eigenvalue weighted by molar-refractivity contribution is 9.10. The average Bonchev–Trinajstić information content (AvgIpc) is 2.77. The van der Waals surface area contributed by atoms with Gasteiger partial charge >= 0.3 is 0 Å². The lowest BCUT2D eigenvalue weighted by Crippen LogP contribution is -2.32. The van der Waals surface area contributed by atoms with Gasteiger partial charge in [0.2, 0.25) is 0 Å². The van der Waals surface area contributed by atoms with Crippen molar-refractivity contribution in [2.24, 2.45) is 0 Å². The Kier molecular flexibility index (Phi) is 3.14. The number of furan rings is 1. The Morgan fingerprint density at radius 2 is 2.28 bits per heavy atom. The number of benzene rings is 1. The van der Waals surface area contributed by atoms with Crippen LogP contribution >= 0.6 is 15.9 Å². The molecule has 1 aliphatic rings. The lowest BCUT2D eigenvalue weighted by molar-refractivity contribution is 0.120. The van der Waals surface area contributed by atoms with Crippen molar-refractivity contribution in [2.45, 2.75) is 12.6 Å². The van der Waals surface area contributed by atoms with Gasteiger partial charge < -0.3 is 9.15 Å². The summed E-state index contributed by atoms with van der Waals surface area (Å²) in [5.74, 6) is 1.88. The van der Waals surface area contributed by atoms with Crippen LogP contribution in [0.25, 0.3) is 0 Å². The van der Waals surface area contributed by atoms with E-state index in [0.717, 1.165) is 34.6 Å². The number of hydrogen-bond donors (Lipinski definition) is 0. The first-order chi connectivity index (χ1) is 8.72. The molecule has 0 amide bonds. The molecule has 4 heteroatoms. The summed E-state index contributed by atoms with van der Waals surface area (Å²) < 4.78 is 12.6. The van der Waals surface area contributed by atoms with Crippen LogP contribution in [0.5, 0.6) is 5.75 Å². The molecule has 18 heavy (non-hydrogen) atoms. The Hall–Kier alpha value is -1.26. The molecule has 0 fully saturated rings. The van der Waals surface area contributed by atoms with Crippen LogP contribution in [0, 0.1) is 0 Å². The predicted molar refractivity (Wildman–Crippen MR) is 72.6 cm³/mol. The molecule has 1 aromatic heterocycles. The number of rotatable bonds is 2. The van der Waals surface area contributed by atoms with E-state index in [0.29, 0.717) is 0 Å². The largest absolute Gasteiger partial charge is 0.484 e. The molecule has 3 rings (SSSR count). The van der Waals surface area contributed by atoms with Crippen molar-refractivity contribution in [1.82, 2.24) is 4.90 Å². The highest BCUT2D eigenvalue weighted by Gasteiger charge is 2.27. The van der Waals surface area contributed by atoms with Crippen LogP contribution in [0.15, 0.2) is 45.5 Å². The first-order valence-electron chi connectivity index (χ1n) is 5.89. The molecular weight excluding hydrogens is 294 g/mol. The molecule has 2 aromatic rings. The zero-order chi connectivity index (χ0) is 12.5. The third-order valence-corrected chi connectivity index (χ3v) is 3.59. The fourth-order valence-electron chi connectivity index (χ4n) is 2.26. The zero-order valence-electron chi connectivity index (χ0n) is 10.1. The molecule has 1 unspecified atom stereocenters. The van der Waals surface area contributed by atoms with Gasteiger partial charge in [-0.25, -0.2) is 0 Å². The third-order valence-electron chi connectivity index (χ3n) is 3.09. The van der Waals surface area contributed by atoms with Crippen LogP contribution in [-0.4, -0.2) is 18.5 Å². The summed E-state index contributed by atoms with van der Waals surface area (Å²) >= 11 is 3.45. The SMILES string of the molecule is CN1Cc2occc2C(Oc2cccc(Br)c2)C1. The van der Waals surface area contributed by atoms with E-state index in [1.807, 2.05) is 30.3 Å². The lowest BCUT2D eigenvalue weighted by atomic mass is 10.1. The van der Waals surface area contributed by atoms with Crippen LogP contribution in [-0.2, 0) is 6.54 Å². The first kappa shape index (κ1) is 11.8. The maximum atomic E-state index is 6.06. The molecular formula is C14H14BrNO2. The van der Waals surface area contributed by atoms with Crippen molar-refractivity contribution in [3.63, 3.8) is 0 Å². The first-order valence-corrected chi connectivity index (χ1v) is 6.69. The number of likely N-dealkylation sites (N-methyl/N-ethyl adjacent to an activating group) is 1. The monoisotopic (exact) mass is 307 g/mol. The van der Waals surface area contributed by atoms with Gasteiger partial charge in [-0.15, -0.1) is 0 Å². The van der Waals surface area contributed by atoms with Gasteiger partial charge in [-0.2, -0.15) is 0 Å². The summed E-state index contributed by atoms with van der Waals surface area (Å²) in [6.45, 7) is 1.72. The van der Waals surface area contributed by atoms with Crippen LogP contribution in [0.4, 0.5) is 0 Å². The molecule has 0 saturated heterocycles. The molecule has 1 aromatic carbocycles. The Morgan fingerprint density at radius 1 is 1.39 bits per heavy atom. The van der Waals surface area contributed by atoms with Crippen molar-refractivity contribution in [3.05, 3.63) is 52.4 Å². The molecule has 2 heterocycles. The minimum absolute atomic E-state index is 0.0341. The van der Waals surface area contributed by atoms with Crippen molar-refractivity contribution in [1.29, 1.82) is 0 Å². The number of nitrogens with zero attached hydrogens (tertiary/aromatic N) is 1. The molecule has 0 radical (unpaired) electrons. The molecule has 94 valence electrons. The average molecular weight is 308 g/mol. The van der Waals surface area contributed by atoms with Crippen molar-refractivity contribution in [2.75, 3.05) is 13.6 Å². The molecule has 1 aliphatic heterocycles. The third kappa shape index (κ3) is 2.31. The van der Waals surface area contributed by atoms with E-state index in [9.17, 15) is 0 Å². The molecule has 0 bridgehead atoms. The van der Waals surface area contributed by atoms with E-state index in [-0.39, 0.29) is 6.10 Å². The van der Waals surface area contributed by atoms with Gasteiger partial charge in [0, 0.05) is 16.6 Å². The second-order valence-corrected chi connectivity index (χ2v) is 5.48. The summed E-state index contributed by atoms with van der Waals surface area (Å²) in [6, 6.07) is 9.92. The van der Waals surface area contributed by atoms with E-state index in [4.69, 9.17) is 9.15 Å². The molecule has 0 N–H and O–H groups in total. The minimum atomic E-state index is 0.0341. The van der Waals surface area contributed by atoms with Crippen LogP contribution in [0.1, 0.15) is 17.4 Å². The second-order valence-electron chi connectivity index (χ2n) is 4.56. The van der Waals surface area contributed by atoms with Crippen molar-refractivity contribution >= 4 is 15.9 Å². The van der Waals surface area contributed by atoms with Gasteiger partial charge in [-0.1, -0.05) is 22.0 Å². The summed E-state index contributed by atoms with van der Waals surface area (Å²) in [6.07, 6.45) is 1.77. The maximum Gasteiger partial charge on any atom is 0.140 e. The standard InChI is InChI=1S/C14H14BrNO2/c1-16-8-13-12(5-6-17-13)14(9-16)18-11-4-2-3-10(15)7-11/h2-7,14H,8-9H2,1H3. The topological polar surface area (TPSA) is 25.6 Å². The van der Waals surface area contributed by atoms with E-state index in [2.05, 4.69) is 27.9 Å². The van der Waals surface area contributed by atoms with Crippen molar-refractivity contribution < 1.29 is 9.15 Å². The zero-order valence-corrected chi connectivity index (χ0v) is 11.7. The summed E-state index contributed by atoms with van der Waals surface area (Å²) in [5.41, 5.74) is 1.16. The Labute approximate surface area is 114 Å². The van der Waals surface area contributed by atoms with E-state index in [1.165, 1.54) is 0 Å². The van der Waals surface area contributed by atoms with E-state index >= 15 is 0 Å². The quantitative estimate of drug-likeness (QED) is 0.847. The smallest absolute Gasteiger partial charge is 0.140 e. The molecule has 0 saturated carbocycles. The summed E-state index contributed by atoms with van der Waals surface area (Å²) in [4.78, 5) is 2.20. The molecule has 0 spiro atoms. The van der Waals surface area contributed by atoms with Crippen LogP contribution < -0.4 is 4.74 Å². The Balaban J connectivity index is 1.86. The Morgan fingerprint density at radius 3 is 3.11 bits per heavy atom. The highest BCUT2D eigenvalue weighted by Crippen LogP contribution is 2.31. The fourth-order valence-corrected chi connectivity index (χ4v) is 2.64. The number of fused-ring (bicyclic) bond motifs is 1. The number of ether oxygens (including phenoxy) is 1. The van der Waals surface area contributed by atoms with Gasteiger partial charge in [0.1, 0.15) is 17.6 Å². The second kappa shape index (κ2) is 4.78. The minimum Gasteiger partial charge on any atom is -0.484 e. The summed E-state index contributed by atoms with van der Waals surface area (Å²) in [7, 11) is 2.07. The molecule has 0 aliphatic carbocycles. The summed E-state index contributed by atoms with van der Waals surface area (Å²) in [5, 5.41) is 0. The van der Waals surface area contributed by atoms with E-state index in [1.54, 1.807) is 6.26 Å². The lowest BCUT2D eigenvalue weighted by Gasteiger charge is -2.29. The van der Waals surface area contributed by atoms with E-state index < -0.39 is 0 Å². The molecule has 3 nitrogen and oxygen atoms in total. The van der Waals surface area contributed by atoms with Gasteiger partial charge in [0.15, 0.2) is 0 Å². The van der Waals surface area contributed by atoms with Gasteiger partial charge in [-0.3, -0.25) is 4.90 Å². The Bertz CT molecular complexity index is 552. The van der Waals surface area contributed by atoms with Gasteiger partial charge in [0.25, 0.3) is 0 Å². The fraction of sp³-hybridized carbons (Fsp3) is 0.286. The predicted octanol–water partition coefficient (Wildman–Crippen LogP) is 3.61. The molecule has 1 atom stereocenters. The van der Waals surface area contributed by atoms with Crippen molar-refractivity contribution in [3.8, 4) is 5.75 Å². The van der Waals surface area contributed by atoms with Gasteiger partial charge in [0.05, 0.1) is 12.8 Å². The highest BCUT2D eigenvalue weighted by atomic mass is 79.9. The number of halogens is 1. The maximum absolute atomic E-state index is 6.06. The number of hydrogen-bond acceptors (Lipinski definition) is 3.